The Kier molecular flexibility index (Phi) is 5.31. The lowest BCUT2D eigenvalue weighted by Gasteiger charge is -2.16. The molecule has 22 heavy (non-hydrogen) atoms. The molecule has 1 atom stereocenters. The van der Waals surface area contributed by atoms with Gasteiger partial charge in [0.2, 0.25) is 5.78 Å². The highest BCUT2D eigenvalue weighted by atomic mass is 16.5. The number of rotatable bonds is 6. The normalized spacial score (nSPS) is 11.5. The Bertz CT molecular complexity index is 632. The van der Waals surface area contributed by atoms with Gasteiger partial charge in [-0.25, -0.2) is 0 Å². The third-order valence-electron chi connectivity index (χ3n) is 3.24. The van der Waals surface area contributed by atoms with Crippen LogP contribution in [-0.2, 0) is 16.0 Å². The van der Waals surface area contributed by atoms with Crippen LogP contribution < -0.4 is 4.74 Å². The summed E-state index contributed by atoms with van der Waals surface area (Å²) in [4.78, 5) is 23.9. The zero-order chi connectivity index (χ0) is 15.9. The summed E-state index contributed by atoms with van der Waals surface area (Å²) in [6.45, 7) is 1.30. The number of hydrogen-bond donors (Lipinski definition) is 0. The average molecular weight is 298 g/mol. The maximum Gasteiger partial charge on any atom is 0.303 e. The van der Waals surface area contributed by atoms with Gasteiger partial charge in [-0.15, -0.1) is 0 Å². The first-order valence-electron chi connectivity index (χ1n) is 6.99. The molecule has 4 heteroatoms. The minimum Gasteiger partial charge on any atom is -0.497 e. The first-order chi connectivity index (χ1) is 10.6. The van der Waals surface area contributed by atoms with Crippen molar-refractivity contribution in [2.24, 2.45) is 0 Å². The number of carbonyl (C=O) groups excluding carboxylic acids is 2. The predicted molar refractivity (Wildman–Crippen MR) is 83.0 cm³/mol. The second kappa shape index (κ2) is 7.41. The SMILES string of the molecule is COc1ccc(C(=O)C(Cc2ccccc2)OC(C)=O)cc1. The van der Waals surface area contributed by atoms with E-state index in [1.165, 1.54) is 6.92 Å². The Labute approximate surface area is 129 Å². The topological polar surface area (TPSA) is 52.6 Å². The summed E-state index contributed by atoms with van der Waals surface area (Å²) in [6, 6.07) is 16.2. The molecule has 0 aliphatic carbocycles. The lowest BCUT2D eigenvalue weighted by molar-refractivity contribution is -0.144. The fraction of sp³-hybridized carbons (Fsp3) is 0.222. The fourth-order valence-corrected chi connectivity index (χ4v) is 2.16. The zero-order valence-corrected chi connectivity index (χ0v) is 12.6. The van der Waals surface area contributed by atoms with Crippen LogP contribution in [0, 0.1) is 0 Å². The highest BCUT2D eigenvalue weighted by molar-refractivity contribution is 6.00. The van der Waals surface area contributed by atoms with Gasteiger partial charge in [0.05, 0.1) is 7.11 Å². The molecule has 0 heterocycles. The number of ketones is 1. The minimum atomic E-state index is -0.826. The van der Waals surface area contributed by atoms with Crippen LogP contribution in [0.15, 0.2) is 54.6 Å². The lowest BCUT2D eigenvalue weighted by atomic mass is 9.99. The molecule has 0 aromatic heterocycles. The Morgan fingerprint density at radius 3 is 2.18 bits per heavy atom. The molecule has 0 amide bonds. The molecule has 1 unspecified atom stereocenters. The van der Waals surface area contributed by atoms with E-state index >= 15 is 0 Å². The molecule has 0 fully saturated rings. The van der Waals surface area contributed by atoms with Crippen molar-refractivity contribution in [3.63, 3.8) is 0 Å². The molecule has 0 bridgehead atoms. The summed E-state index contributed by atoms with van der Waals surface area (Å²) < 4.78 is 10.3. The van der Waals surface area contributed by atoms with E-state index in [1.54, 1.807) is 31.4 Å². The van der Waals surface area contributed by atoms with Crippen molar-refractivity contribution in [1.29, 1.82) is 0 Å². The summed E-state index contributed by atoms with van der Waals surface area (Å²) >= 11 is 0. The molecule has 0 saturated carbocycles. The molecule has 2 aromatic carbocycles. The monoisotopic (exact) mass is 298 g/mol. The van der Waals surface area contributed by atoms with Gasteiger partial charge in [0.15, 0.2) is 6.10 Å². The van der Waals surface area contributed by atoms with Crippen LogP contribution in [0.3, 0.4) is 0 Å². The maximum absolute atomic E-state index is 12.6. The standard InChI is InChI=1S/C18H18O4/c1-13(19)22-17(12-14-6-4-3-5-7-14)18(20)15-8-10-16(21-2)11-9-15/h3-11,17H,12H2,1-2H3. The van der Waals surface area contributed by atoms with Crippen LogP contribution in [-0.4, -0.2) is 25.0 Å². The summed E-state index contributed by atoms with van der Waals surface area (Å²) in [5, 5.41) is 0. The van der Waals surface area contributed by atoms with E-state index < -0.39 is 12.1 Å². The van der Waals surface area contributed by atoms with E-state index in [-0.39, 0.29) is 5.78 Å². The second-order valence-corrected chi connectivity index (χ2v) is 4.88. The number of ether oxygens (including phenoxy) is 2. The molecular weight excluding hydrogens is 280 g/mol. The quantitative estimate of drug-likeness (QED) is 0.607. The second-order valence-electron chi connectivity index (χ2n) is 4.88. The van der Waals surface area contributed by atoms with Crippen molar-refractivity contribution in [3.05, 3.63) is 65.7 Å². The third-order valence-corrected chi connectivity index (χ3v) is 3.24. The van der Waals surface area contributed by atoms with Gasteiger partial charge >= 0.3 is 5.97 Å². The molecule has 0 aliphatic heterocycles. The molecule has 2 rings (SSSR count). The Balaban J connectivity index is 2.19. The number of hydrogen-bond acceptors (Lipinski definition) is 4. The average Bonchev–Trinajstić information content (AvgIpc) is 2.54. The lowest BCUT2D eigenvalue weighted by Crippen LogP contribution is -2.28. The van der Waals surface area contributed by atoms with E-state index in [9.17, 15) is 9.59 Å². The van der Waals surface area contributed by atoms with Crippen molar-refractivity contribution in [3.8, 4) is 5.75 Å². The largest absolute Gasteiger partial charge is 0.497 e. The Morgan fingerprint density at radius 2 is 1.64 bits per heavy atom. The highest BCUT2D eigenvalue weighted by Crippen LogP contribution is 2.16. The van der Waals surface area contributed by atoms with E-state index in [0.29, 0.717) is 17.7 Å². The molecule has 114 valence electrons. The van der Waals surface area contributed by atoms with Crippen LogP contribution in [0.25, 0.3) is 0 Å². The molecule has 2 aromatic rings. The molecule has 0 radical (unpaired) electrons. The molecular formula is C18H18O4. The van der Waals surface area contributed by atoms with Crippen molar-refractivity contribution < 1.29 is 19.1 Å². The van der Waals surface area contributed by atoms with Crippen LogP contribution in [0.4, 0.5) is 0 Å². The number of esters is 1. The minimum absolute atomic E-state index is 0.221. The molecule has 4 nitrogen and oxygen atoms in total. The van der Waals surface area contributed by atoms with Gasteiger partial charge in [-0.3, -0.25) is 9.59 Å². The smallest absolute Gasteiger partial charge is 0.303 e. The van der Waals surface area contributed by atoms with E-state index in [4.69, 9.17) is 9.47 Å². The van der Waals surface area contributed by atoms with Gasteiger partial charge in [-0.1, -0.05) is 30.3 Å². The number of carbonyl (C=O) groups is 2. The molecule has 0 N–H and O–H groups in total. The summed E-state index contributed by atoms with van der Waals surface area (Å²) in [5.74, 6) is -0.0202. The third kappa shape index (κ3) is 4.19. The first kappa shape index (κ1) is 15.8. The van der Waals surface area contributed by atoms with Crippen LogP contribution in [0.2, 0.25) is 0 Å². The Hall–Kier alpha value is -2.62. The van der Waals surface area contributed by atoms with Gasteiger partial charge in [0.25, 0.3) is 0 Å². The summed E-state index contributed by atoms with van der Waals surface area (Å²) in [7, 11) is 1.56. The van der Waals surface area contributed by atoms with Crippen molar-refractivity contribution in [2.75, 3.05) is 7.11 Å². The molecule has 0 saturated heterocycles. The van der Waals surface area contributed by atoms with Gasteiger partial charge < -0.3 is 9.47 Å². The number of Topliss-reactive ketones (excluding diaryl/α,β-unsaturated/α-hetero) is 1. The Morgan fingerprint density at radius 1 is 1.00 bits per heavy atom. The van der Waals surface area contributed by atoms with Crippen LogP contribution in [0.5, 0.6) is 5.75 Å². The van der Waals surface area contributed by atoms with Crippen LogP contribution >= 0.6 is 0 Å². The summed E-state index contributed by atoms with van der Waals surface area (Å²) in [5.41, 5.74) is 1.43. The summed E-state index contributed by atoms with van der Waals surface area (Å²) in [6.07, 6.45) is -0.473. The first-order valence-corrected chi connectivity index (χ1v) is 6.99. The van der Waals surface area contributed by atoms with E-state index in [1.807, 2.05) is 30.3 Å². The fourth-order valence-electron chi connectivity index (χ4n) is 2.16. The van der Waals surface area contributed by atoms with Crippen molar-refractivity contribution in [1.82, 2.24) is 0 Å². The zero-order valence-electron chi connectivity index (χ0n) is 12.6. The van der Waals surface area contributed by atoms with Crippen LogP contribution in [0.1, 0.15) is 22.8 Å². The maximum atomic E-state index is 12.6. The van der Waals surface area contributed by atoms with Gasteiger partial charge in [0.1, 0.15) is 5.75 Å². The predicted octanol–water partition coefficient (Wildman–Crippen LogP) is 3.05. The molecule has 0 aliphatic rings. The van der Waals surface area contributed by atoms with Gasteiger partial charge in [0, 0.05) is 18.9 Å². The number of methoxy groups -OCH3 is 1. The molecule has 0 spiro atoms. The van der Waals surface area contributed by atoms with Crippen molar-refractivity contribution >= 4 is 11.8 Å². The highest BCUT2D eigenvalue weighted by Gasteiger charge is 2.23. The van der Waals surface area contributed by atoms with E-state index in [2.05, 4.69) is 0 Å². The van der Waals surface area contributed by atoms with E-state index in [0.717, 1.165) is 5.56 Å². The van der Waals surface area contributed by atoms with Gasteiger partial charge in [-0.2, -0.15) is 0 Å². The van der Waals surface area contributed by atoms with Crippen molar-refractivity contribution in [2.45, 2.75) is 19.4 Å². The van der Waals surface area contributed by atoms with Gasteiger partial charge in [-0.05, 0) is 29.8 Å². The number of benzene rings is 2.